The maximum Gasteiger partial charge on any atom is 0.408 e. The number of esters is 1. The Balaban J connectivity index is 1.48. The van der Waals surface area contributed by atoms with E-state index in [1.165, 1.54) is 4.90 Å². The minimum atomic E-state index is -1.19. The van der Waals surface area contributed by atoms with Crippen molar-refractivity contribution in [3.63, 3.8) is 0 Å². The normalized spacial score (nSPS) is 24.7. The molecule has 47 heavy (non-hydrogen) atoms. The second kappa shape index (κ2) is 14.4. The van der Waals surface area contributed by atoms with Crippen molar-refractivity contribution in [1.82, 2.24) is 15.5 Å². The zero-order valence-electron chi connectivity index (χ0n) is 27.5. The average molecular weight is 666 g/mol. The van der Waals surface area contributed by atoms with Gasteiger partial charge in [0.1, 0.15) is 34.7 Å². The predicted octanol–water partition coefficient (Wildman–Crippen LogP) is 6.24. The molecule has 1 saturated carbocycles. The van der Waals surface area contributed by atoms with Gasteiger partial charge in [-0.05, 0) is 94.8 Å². The maximum absolute atomic E-state index is 14.4. The summed E-state index contributed by atoms with van der Waals surface area (Å²) >= 11 is 6.15. The quantitative estimate of drug-likeness (QED) is 0.286. The average Bonchev–Trinajstić information content (AvgIpc) is 3.71. The molecule has 2 aromatic rings. The van der Waals surface area contributed by atoms with Gasteiger partial charge in [-0.25, -0.2) is 9.59 Å². The number of ether oxygens (including phenoxy) is 3. The molecule has 252 valence electrons. The number of benzene rings is 2. The van der Waals surface area contributed by atoms with Gasteiger partial charge < -0.3 is 29.7 Å². The molecular formula is C36H44ClN3O7. The Morgan fingerprint density at radius 1 is 1.06 bits per heavy atom. The Morgan fingerprint density at radius 2 is 1.85 bits per heavy atom. The van der Waals surface area contributed by atoms with Gasteiger partial charge in [-0.15, -0.1) is 0 Å². The lowest BCUT2D eigenvalue weighted by Crippen LogP contribution is -2.60. The Morgan fingerprint density at radius 3 is 2.60 bits per heavy atom. The monoisotopic (exact) mass is 665 g/mol. The molecule has 10 nitrogen and oxygen atoms in total. The van der Waals surface area contributed by atoms with E-state index >= 15 is 0 Å². The van der Waals surface area contributed by atoms with E-state index in [1.807, 2.05) is 30.4 Å². The zero-order valence-corrected chi connectivity index (χ0v) is 28.2. The highest BCUT2D eigenvalue weighted by Crippen LogP contribution is 2.46. The summed E-state index contributed by atoms with van der Waals surface area (Å²) in [7, 11) is 0. The van der Waals surface area contributed by atoms with Gasteiger partial charge in [0.05, 0.1) is 6.61 Å². The summed E-state index contributed by atoms with van der Waals surface area (Å²) in [6, 6.07) is 10.8. The molecule has 0 saturated heterocycles. The standard InChI is InChI=1S/C36H44ClN3O7/c1-5-45-33(43)36-21-25(36)12-9-7-6-8-10-15-29(38-34(44)47-35(2,3)4)32(42)40-22-23-16-17-28(46-27-14-11-13-26(37)20-27)18-24(23)19-30(40)31(41)39-36/h9,11-14,16-18,20,25,29-30H,5-8,10,15,19,21-22H2,1-4H3,(H,38,44)(H,39,41)/t25-,29+,30?,36-/m1/s1. The van der Waals surface area contributed by atoms with Crippen molar-refractivity contribution in [3.05, 3.63) is 70.8 Å². The number of halogens is 1. The lowest BCUT2D eigenvalue weighted by atomic mass is 9.91. The van der Waals surface area contributed by atoms with Gasteiger partial charge in [-0.3, -0.25) is 9.59 Å². The van der Waals surface area contributed by atoms with Crippen molar-refractivity contribution in [1.29, 1.82) is 0 Å². The van der Waals surface area contributed by atoms with E-state index in [1.54, 1.807) is 52.0 Å². The van der Waals surface area contributed by atoms with E-state index in [2.05, 4.69) is 10.6 Å². The second-order valence-corrected chi connectivity index (χ2v) is 13.9. The molecule has 2 aliphatic heterocycles. The number of alkyl carbamates (subject to hydrolysis) is 1. The molecule has 0 spiro atoms. The van der Waals surface area contributed by atoms with Gasteiger partial charge in [0.15, 0.2) is 0 Å². The van der Waals surface area contributed by atoms with Crippen molar-refractivity contribution in [2.45, 2.75) is 102 Å². The summed E-state index contributed by atoms with van der Waals surface area (Å²) in [5.41, 5.74) is -0.258. The molecule has 3 amide bonds. The Hall–Kier alpha value is -4.05. The third kappa shape index (κ3) is 8.46. The van der Waals surface area contributed by atoms with Crippen LogP contribution < -0.4 is 15.4 Å². The van der Waals surface area contributed by atoms with Gasteiger partial charge in [-0.2, -0.15) is 0 Å². The minimum absolute atomic E-state index is 0.131. The minimum Gasteiger partial charge on any atom is -0.464 e. The number of allylic oxidation sites excluding steroid dienone is 1. The highest BCUT2D eigenvalue weighted by molar-refractivity contribution is 6.30. The molecule has 1 aliphatic carbocycles. The van der Waals surface area contributed by atoms with E-state index in [-0.39, 0.29) is 31.4 Å². The van der Waals surface area contributed by atoms with Gasteiger partial charge in [-0.1, -0.05) is 48.7 Å². The first-order chi connectivity index (χ1) is 22.4. The molecule has 11 heteroatoms. The first-order valence-corrected chi connectivity index (χ1v) is 16.8. The Kier molecular flexibility index (Phi) is 10.5. The van der Waals surface area contributed by atoms with Crippen LogP contribution in [0, 0.1) is 5.92 Å². The van der Waals surface area contributed by atoms with Crippen molar-refractivity contribution in [2.24, 2.45) is 5.92 Å². The van der Waals surface area contributed by atoms with Crippen molar-refractivity contribution in [3.8, 4) is 11.5 Å². The number of hydrogen-bond donors (Lipinski definition) is 2. The first kappa shape index (κ1) is 34.3. The summed E-state index contributed by atoms with van der Waals surface area (Å²) < 4.78 is 17.0. The lowest BCUT2D eigenvalue weighted by Gasteiger charge is -2.39. The van der Waals surface area contributed by atoms with Gasteiger partial charge in [0, 0.05) is 23.9 Å². The third-order valence-electron chi connectivity index (χ3n) is 8.65. The number of amides is 3. The van der Waals surface area contributed by atoms with E-state index in [0.29, 0.717) is 35.8 Å². The number of fused-ring (bicyclic) bond motifs is 3. The van der Waals surface area contributed by atoms with Crippen LogP contribution in [0.5, 0.6) is 11.5 Å². The van der Waals surface area contributed by atoms with Crippen LogP contribution in [0.15, 0.2) is 54.6 Å². The highest BCUT2D eigenvalue weighted by atomic mass is 35.5. The van der Waals surface area contributed by atoms with E-state index in [4.69, 9.17) is 25.8 Å². The molecule has 4 atom stereocenters. The molecule has 1 fully saturated rings. The van der Waals surface area contributed by atoms with Gasteiger partial charge in [0.2, 0.25) is 11.8 Å². The number of carbonyl (C=O) groups excluding carboxylic acids is 4. The van der Waals surface area contributed by atoms with Crippen LogP contribution in [0.4, 0.5) is 4.79 Å². The molecule has 0 radical (unpaired) electrons. The van der Waals surface area contributed by atoms with E-state index < -0.39 is 41.2 Å². The second-order valence-electron chi connectivity index (χ2n) is 13.4. The predicted molar refractivity (Wildman–Crippen MR) is 177 cm³/mol. The molecule has 1 unspecified atom stereocenters. The van der Waals surface area contributed by atoms with Crippen LogP contribution in [0.1, 0.15) is 77.3 Å². The molecule has 2 N–H and O–H groups in total. The molecule has 0 aromatic heterocycles. The van der Waals surface area contributed by atoms with E-state index in [9.17, 15) is 19.2 Å². The van der Waals surface area contributed by atoms with Crippen molar-refractivity contribution in [2.75, 3.05) is 6.61 Å². The topological polar surface area (TPSA) is 123 Å². The van der Waals surface area contributed by atoms with Crippen LogP contribution in [0.2, 0.25) is 5.02 Å². The van der Waals surface area contributed by atoms with Crippen LogP contribution in [-0.4, -0.2) is 58.6 Å². The maximum atomic E-state index is 14.4. The van der Waals surface area contributed by atoms with E-state index in [0.717, 1.165) is 30.4 Å². The number of nitrogens with zero attached hydrogens (tertiary/aromatic N) is 1. The molecule has 2 aromatic carbocycles. The van der Waals surface area contributed by atoms with Crippen molar-refractivity contribution >= 4 is 35.5 Å². The van der Waals surface area contributed by atoms with Crippen LogP contribution in [0.3, 0.4) is 0 Å². The largest absolute Gasteiger partial charge is 0.464 e. The summed E-state index contributed by atoms with van der Waals surface area (Å²) in [5, 5.41) is 6.33. The Labute approximate surface area is 281 Å². The summed E-state index contributed by atoms with van der Waals surface area (Å²) in [5.74, 6) is -0.398. The molecule has 2 heterocycles. The van der Waals surface area contributed by atoms with Gasteiger partial charge >= 0.3 is 12.1 Å². The number of nitrogens with one attached hydrogen (secondary N) is 2. The highest BCUT2D eigenvalue weighted by Gasteiger charge is 2.62. The Bertz CT molecular complexity index is 1540. The first-order valence-electron chi connectivity index (χ1n) is 16.4. The summed E-state index contributed by atoms with van der Waals surface area (Å²) in [6.07, 6.45) is 7.55. The fraction of sp³-hybridized carbons (Fsp3) is 0.500. The summed E-state index contributed by atoms with van der Waals surface area (Å²) in [6.45, 7) is 7.32. The SMILES string of the molecule is CCOC(=O)[C@@]12C[C@H]1C=CCCCCC[C@H](NC(=O)OC(C)(C)C)C(=O)N1Cc3ccc(Oc4cccc(Cl)c4)cc3CC1C(=O)N2. The van der Waals surface area contributed by atoms with Crippen LogP contribution >= 0.6 is 11.6 Å². The molecule has 0 bridgehead atoms. The van der Waals surface area contributed by atoms with Crippen LogP contribution in [0.25, 0.3) is 0 Å². The fourth-order valence-corrected chi connectivity index (χ4v) is 6.40. The molecular weight excluding hydrogens is 622 g/mol. The van der Waals surface area contributed by atoms with Crippen molar-refractivity contribution < 1.29 is 33.4 Å². The smallest absolute Gasteiger partial charge is 0.408 e. The van der Waals surface area contributed by atoms with Gasteiger partial charge in [0.25, 0.3) is 0 Å². The number of rotatable bonds is 5. The third-order valence-corrected chi connectivity index (χ3v) is 8.88. The molecule has 5 rings (SSSR count). The number of carbonyl (C=O) groups is 4. The van der Waals surface area contributed by atoms with Crippen LogP contribution in [-0.2, 0) is 36.8 Å². The zero-order chi connectivity index (χ0) is 33.8. The molecule has 3 aliphatic rings. The lowest BCUT2D eigenvalue weighted by molar-refractivity contribution is -0.151. The summed E-state index contributed by atoms with van der Waals surface area (Å²) in [4.78, 5) is 56.2. The fourth-order valence-electron chi connectivity index (χ4n) is 6.22. The number of hydrogen-bond acceptors (Lipinski definition) is 7.